The molecular formula is C17H15FN2O3S. The molecule has 2 aromatic carbocycles. The number of carbonyl (C=O) groups is 1. The van der Waals surface area contributed by atoms with Crippen LogP contribution in [-0.2, 0) is 21.2 Å². The molecule has 0 aliphatic rings. The van der Waals surface area contributed by atoms with Crippen molar-refractivity contribution in [3.63, 3.8) is 0 Å². The third-order valence-electron chi connectivity index (χ3n) is 3.08. The third kappa shape index (κ3) is 4.83. The normalized spacial score (nSPS) is 10.7. The number of hydrogen-bond acceptors (Lipinski definition) is 3. The van der Waals surface area contributed by atoms with Crippen LogP contribution in [0.3, 0.4) is 0 Å². The maximum absolute atomic E-state index is 12.9. The van der Waals surface area contributed by atoms with Gasteiger partial charge in [0, 0.05) is 5.69 Å². The largest absolute Gasteiger partial charge is 0.345 e. The Labute approximate surface area is 139 Å². The third-order valence-corrected chi connectivity index (χ3v) is 4.48. The molecule has 0 aliphatic carbocycles. The lowest BCUT2D eigenvalue weighted by molar-refractivity contribution is -0.120. The van der Waals surface area contributed by atoms with Crippen molar-refractivity contribution in [1.29, 1.82) is 0 Å². The molecule has 7 heteroatoms. The van der Waals surface area contributed by atoms with Gasteiger partial charge < -0.3 is 5.32 Å². The van der Waals surface area contributed by atoms with E-state index in [9.17, 15) is 17.6 Å². The maximum Gasteiger partial charge on any atom is 0.261 e. The average Bonchev–Trinajstić information content (AvgIpc) is 2.55. The van der Waals surface area contributed by atoms with Crippen molar-refractivity contribution in [2.45, 2.75) is 11.3 Å². The fourth-order valence-corrected chi connectivity index (χ4v) is 2.97. The summed E-state index contributed by atoms with van der Waals surface area (Å²) < 4.78 is 39.6. The Morgan fingerprint density at radius 1 is 1.08 bits per heavy atom. The Kier molecular flexibility index (Phi) is 5.55. The Bertz CT molecular complexity index is 854. The van der Waals surface area contributed by atoms with E-state index in [4.69, 9.17) is 6.42 Å². The Morgan fingerprint density at radius 2 is 1.71 bits per heavy atom. The summed E-state index contributed by atoms with van der Waals surface area (Å²) in [4.78, 5) is 11.5. The summed E-state index contributed by atoms with van der Waals surface area (Å²) >= 11 is 0. The van der Waals surface area contributed by atoms with E-state index in [2.05, 4.69) is 16.0 Å². The Hall–Kier alpha value is -2.85. The van der Waals surface area contributed by atoms with Crippen molar-refractivity contribution in [3.8, 4) is 12.3 Å². The van der Waals surface area contributed by atoms with Crippen molar-refractivity contribution in [1.82, 2.24) is 5.32 Å². The van der Waals surface area contributed by atoms with Crippen molar-refractivity contribution in [2.75, 3.05) is 11.3 Å². The van der Waals surface area contributed by atoms with Crippen LogP contribution in [0, 0.1) is 18.2 Å². The Balaban J connectivity index is 2.04. The highest BCUT2D eigenvalue weighted by Gasteiger charge is 2.14. The molecule has 0 radical (unpaired) electrons. The molecule has 5 nitrogen and oxygen atoms in total. The number of anilines is 1. The zero-order valence-electron chi connectivity index (χ0n) is 12.6. The molecule has 1 amide bonds. The molecule has 2 N–H and O–H groups in total. The zero-order valence-corrected chi connectivity index (χ0v) is 13.4. The molecule has 0 spiro atoms. The zero-order chi connectivity index (χ0) is 17.6. The molecule has 24 heavy (non-hydrogen) atoms. The topological polar surface area (TPSA) is 75.3 Å². The van der Waals surface area contributed by atoms with E-state index in [1.165, 1.54) is 12.1 Å². The SMILES string of the molecule is C#CCNC(=O)Cc1ccc(NS(=O)(=O)c2ccc(F)cc2)cc1. The lowest BCUT2D eigenvalue weighted by atomic mass is 10.1. The monoisotopic (exact) mass is 346 g/mol. The van der Waals surface area contributed by atoms with Crippen LogP contribution in [0.2, 0.25) is 0 Å². The summed E-state index contributed by atoms with van der Waals surface area (Å²) in [6.07, 6.45) is 5.20. The molecule has 0 unspecified atom stereocenters. The predicted molar refractivity (Wildman–Crippen MR) is 89.2 cm³/mol. The minimum Gasteiger partial charge on any atom is -0.345 e. The molecular weight excluding hydrogens is 331 g/mol. The smallest absolute Gasteiger partial charge is 0.261 e. The van der Waals surface area contributed by atoms with Gasteiger partial charge in [0.15, 0.2) is 0 Å². The number of nitrogens with one attached hydrogen (secondary N) is 2. The molecule has 0 bridgehead atoms. The molecule has 124 valence electrons. The van der Waals surface area contributed by atoms with Gasteiger partial charge in [-0.3, -0.25) is 9.52 Å². The first kappa shape index (κ1) is 17.5. The standard InChI is InChI=1S/C17H15FN2O3S/c1-2-11-19-17(21)12-13-3-7-15(8-4-13)20-24(22,23)16-9-5-14(18)6-10-16/h1,3-10,20H,11-12H2,(H,19,21). The average molecular weight is 346 g/mol. The number of rotatable bonds is 6. The minimum absolute atomic E-state index is 0.0401. The number of terminal acetylenes is 1. The van der Waals surface area contributed by atoms with Gasteiger partial charge in [0.25, 0.3) is 10.0 Å². The quantitative estimate of drug-likeness (QED) is 0.785. The van der Waals surface area contributed by atoms with Gasteiger partial charge in [-0.25, -0.2) is 12.8 Å². The lowest BCUT2D eigenvalue weighted by Crippen LogP contribution is -2.25. The summed E-state index contributed by atoms with van der Waals surface area (Å²) in [6.45, 7) is 0.161. The molecule has 0 saturated heterocycles. The van der Waals surface area contributed by atoms with Gasteiger partial charge in [0.1, 0.15) is 5.82 Å². The lowest BCUT2D eigenvalue weighted by Gasteiger charge is -2.09. The van der Waals surface area contributed by atoms with E-state index in [-0.39, 0.29) is 23.8 Å². The first-order valence-corrected chi connectivity index (χ1v) is 8.46. The first-order valence-electron chi connectivity index (χ1n) is 6.98. The van der Waals surface area contributed by atoms with Gasteiger partial charge in [-0.2, -0.15) is 0 Å². The van der Waals surface area contributed by atoms with Crippen LogP contribution in [0.15, 0.2) is 53.4 Å². The molecule has 2 aromatic rings. The Morgan fingerprint density at radius 3 is 2.29 bits per heavy atom. The molecule has 0 heterocycles. The van der Waals surface area contributed by atoms with Crippen LogP contribution in [-0.4, -0.2) is 20.9 Å². The van der Waals surface area contributed by atoms with Crippen LogP contribution in [0.4, 0.5) is 10.1 Å². The number of benzene rings is 2. The van der Waals surface area contributed by atoms with Gasteiger partial charge in [-0.1, -0.05) is 18.1 Å². The number of halogens is 1. The molecule has 2 rings (SSSR count). The summed E-state index contributed by atoms with van der Waals surface area (Å²) in [5.74, 6) is 1.58. The highest BCUT2D eigenvalue weighted by molar-refractivity contribution is 7.92. The second-order valence-corrected chi connectivity index (χ2v) is 6.60. The molecule has 0 fully saturated rings. The summed E-state index contributed by atoms with van der Waals surface area (Å²) in [5, 5.41) is 2.54. The van der Waals surface area contributed by atoms with E-state index in [0.717, 1.165) is 12.1 Å². The summed E-state index contributed by atoms with van der Waals surface area (Å²) in [6, 6.07) is 10.9. The molecule has 0 atom stereocenters. The summed E-state index contributed by atoms with van der Waals surface area (Å²) in [7, 11) is -3.80. The predicted octanol–water partition coefficient (Wildman–Crippen LogP) is 1.92. The van der Waals surface area contributed by atoms with Gasteiger partial charge in [0.05, 0.1) is 17.9 Å². The van der Waals surface area contributed by atoms with Crippen LogP contribution < -0.4 is 10.0 Å². The number of carbonyl (C=O) groups excluding carboxylic acids is 1. The van der Waals surface area contributed by atoms with Crippen molar-refractivity contribution in [3.05, 3.63) is 59.9 Å². The molecule has 0 saturated carbocycles. The van der Waals surface area contributed by atoms with Gasteiger partial charge >= 0.3 is 0 Å². The van der Waals surface area contributed by atoms with E-state index < -0.39 is 15.8 Å². The second kappa shape index (κ2) is 7.62. The van der Waals surface area contributed by atoms with Gasteiger partial charge in [-0.15, -0.1) is 6.42 Å². The van der Waals surface area contributed by atoms with E-state index in [1.807, 2.05) is 0 Å². The second-order valence-electron chi connectivity index (χ2n) is 4.91. The number of amides is 1. The van der Waals surface area contributed by atoms with Crippen molar-refractivity contribution in [2.24, 2.45) is 0 Å². The van der Waals surface area contributed by atoms with Crippen LogP contribution in [0.25, 0.3) is 0 Å². The molecule has 0 aliphatic heterocycles. The van der Waals surface area contributed by atoms with Crippen LogP contribution >= 0.6 is 0 Å². The van der Waals surface area contributed by atoms with E-state index in [1.54, 1.807) is 24.3 Å². The first-order chi connectivity index (χ1) is 11.4. The van der Waals surface area contributed by atoms with Gasteiger partial charge in [-0.05, 0) is 42.0 Å². The molecule has 0 aromatic heterocycles. The fraction of sp³-hybridized carbons (Fsp3) is 0.118. The number of sulfonamides is 1. The minimum atomic E-state index is -3.80. The van der Waals surface area contributed by atoms with Crippen molar-refractivity contribution >= 4 is 21.6 Å². The maximum atomic E-state index is 12.9. The summed E-state index contributed by atoms with van der Waals surface area (Å²) in [5.41, 5.74) is 1.06. The highest BCUT2D eigenvalue weighted by atomic mass is 32.2. The van der Waals surface area contributed by atoms with E-state index >= 15 is 0 Å². The highest BCUT2D eigenvalue weighted by Crippen LogP contribution is 2.17. The number of hydrogen-bond donors (Lipinski definition) is 2. The van der Waals surface area contributed by atoms with E-state index in [0.29, 0.717) is 11.3 Å². The van der Waals surface area contributed by atoms with Crippen molar-refractivity contribution < 1.29 is 17.6 Å². The van der Waals surface area contributed by atoms with Gasteiger partial charge in [0.2, 0.25) is 5.91 Å². The van der Waals surface area contributed by atoms with Crippen LogP contribution in [0.1, 0.15) is 5.56 Å². The van der Waals surface area contributed by atoms with Crippen LogP contribution in [0.5, 0.6) is 0 Å². The fourth-order valence-electron chi connectivity index (χ4n) is 1.92.